The van der Waals surface area contributed by atoms with Crippen molar-refractivity contribution in [1.29, 1.82) is 0 Å². The third-order valence-electron chi connectivity index (χ3n) is 5.81. The molecule has 5 heterocycles. The lowest BCUT2D eigenvalue weighted by atomic mass is 10.1. The second kappa shape index (κ2) is 13.3. The van der Waals surface area contributed by atoms with Gasteiger partial charge in [-0.25, -0.2) is 19.1 Å². The summed E-state index contributed by atoms with van der Waals surface area (Å²) >= 11 is 0. The number of carboxylic acid groups (broad SMARTS) is 2. The lowest BCUT2D eigenvalue weighted by molar-refractivity contribution is -0.193. The van der Waals surface area contributed by atoms with Gasteiger partial charge in [-0.1, -0.05) is 0 Å². The van der Waals surface area contributed by atoms with E-state index in [0.717, 1.165) is 34.6 Å². The Kier molecular flexibility index (Phi) is 10.00. The lowest BCUT2D eigenvalue weighted by Gasteiger charge is -2.15. The van der Waals surface area contributed by atoms with Crippen LogP contribution in [0, 0.1) is 6.92 Å². The van der Waals surface area contributed by atoms with Gasteiger partial charge in [-0.3, -0.25) is 14.8 Å². The standard InChI is InChI=1S/C22H20N6O.2C2HF3O2/c1-15-10-19(12-24-11-15)22(29)27-9-6-18(13-27)21-25-20-3-2-17(14-28(20)26-21)16-4-7-23-8-5-16;2*3-2(4,5)1(6)7/h2-5,7-8,10-12,14,18H,6,9,13H2,1H3;2*(H,6,7). The number of aromatic nitrogens is 5. The first-order valence-corrected chi connectivity index (χ1v) is 12.1. The van der Waals surface area contributed by atoms with E-state index in [9.17, 15) is 31.1 Å². The molecule has 0 saturated carbocycles. The summed E-state index contributed by atoms with van der Waals surface area (Å²) < 4.78 is 65.3. The Labute approximate surface area is 238 Å². The van der Waals surface area contributed by atoms with Gasteiger partial charge < -0.3 is 15.1 Å². The minimum absolute atomic E-state index is 0.0208. The van der Waals surface area contributed by atoms with Crippen molar-refractivity contribution in [1.82, 2.24) is 29.5 Å². The summed E-state index contributed by atoms with van der Waals surface area (Å²) in [7, 11) is 0. The van der Waals surface area contributed by atoms with E-state index in [1.54, 1.807) is 24.8 Å². The van der Waals surface area contributed by atoms with Crippen LogP contribution in [0.1, 0.15) is 34.1 Å². The quantitative estimate of drug-likeness (QED) is 0.321. The van der Waals surface area contributed by atoms with Crippen molar-refractivity contribution in [3.8, 4) is 11.1 Å². The molecule has 5 rings (SSSR count). The normalized spacial score (nSPS) is 14.8. The van der Waals surface area contributed by atoms with Crippen LogP contribution >= 0.6 is 0 Å². The SMILES string of the molecule is Cc1cncc(C(=O)N2CCC(c3nc4ccc(-c5ccncc5)cn4n3)C2)c1.O=C(O)C(F)(F)F.O=C(O)C(F)(F)F. The summed E-state index contributed by atoms with van der Waals surface area (Å²) in [6.07, 6.45) is -0.381. The number of carbonyl (C=O) groups excluding carboxylic acids is 1. The highest BCUT2D eigenvalue weighted by Crippen LogP contribution is 2.27. The monoisotopic (exact) mass is 612 g/mol. The van der Waals surface area contributed by atoms with Crippen LogP contribution in [0.4, 0.5) is 26.3 Å². The smallest absolute Gasteiger partial charge is 0.475 e. The number of aliphatic carboxylic acids is 2. The minimum Gasteiger partial charge on any atom is -0.475 e. The molecular weight excluding hydrogens is 590 g/mol. The fourth-order valence-electron chi connectivity index (χ4n) is 3.80. The van der Waals surface area contributed by atoms with E-state index in [1.165, 1.54) is 0 Å². The third-order valence-corrected chi connectivity index (χ3v) is 5.81. The number of rotatable bonds is 3. The maximum Gasteiger partial charge on any atom is 0.490 e. The molecule has 0 bridgehead atoms. The number of alkyl halides is 6. The van der Waals surface area contributed by atoms with Gasteiger partial charge in [0.25, 0.3) is 5.91 Å². The Morgan fingerprint density at radius 3 is 2.05 bits per heavy atom. The highest BCUT2D eigenvalue weighted by molar-refractivity contribution is 5.94. The van der Waals surface area contributed by atoms with E-state index < -0.39 is 24.3 Å². The van der Waals surface area contributed by atoms with Gasteiger partial charge in [-0.05, 0) is 54.8 Å². The molecule has 1 unspecified atom stereocenters. The van der Waals surface area contributed by atoms with Gasteiger partial charge in [-0.2, -0.15) is 31.4 Å². The minimum atomic E-state index is -5.08. The average Bonchev–Trinajstić information content (AvgIpc) is 3.60. The summed E-state index contributed by atoms with van der Waals surface area (Å²) in [5.74, 6) is -4.57. The molecule has 228 valence electrons. The number of carbonyl (C=O) groups is 3. The van der Waals surface area contributed by atoms with E-state index in [1.807, 2.05) is 52.9 Å². The summed E-state index contributed by atoms with van der Waals surface area (Å²) in [4.78, 5) is 45.3. The molecule has 1 fully saturated rings. The molecular formula is C26H22F6N6O5. The molecule has 0 radical (unpaired) electrons. The summed E-state index contributed by atoms with van der Waals surface area (Å²) in [6, 6.07) is 9.84. The molecule has 11 nitrogen and oxygen atoms in total. The molecule has 1 aliphatic rings. The topological polar surface area (TPSA) is 151 Å². The van der Waals surface area contributed by atoms with Crippen LogP contribution in [-0.2, 0) is 9.59 Å². The van der Waals surface area contributed by atoms with Gasteiger partial charge in [-0.15, -0.1) is 0 Å². The van der Waals surface area contributed by atoms with Gasteiger partial charge >= 0.3 is 24.3 Å². The number of hydrogen-bond acceptors (Lipinski definition) is 7. The van der Waals surface area contributed by atoms with Gasteiger partial charge in [0.15, 0.2) is 11.5 Å². The number of carboxylic acids is 2. The molecule has 2 N–H and O–H groups in total. The van der Waals surface area contributed by atoms with Crippen molar-refractivity contribution in [2.45, 2.75) is 31.6 Å². The molecule has 0 spiro atoms. The zero-order chi connectivity index (χ0) is 31.9. The first kappa shape index (κ1) is 32.4. The summed E-state index contributed by atoms with van der Waals surface area (Å²) in [5, 5.41) is 19.0. The molecule has 0 aromatic carbocycles. The molecule has 1 saturated heterocycles. The van der Waals surface area contributed by atoms with Crippen LogP contribution in [0.25, 0.3) is 16.8 Å². The predicted octanol–water partition coefficient (Wildman–Crippen LogP) is 4.39. The number of likely N-dealkylation sites (tertiary alicyclic amines) is 1. The molecule has 4 aromatic heterocycles. The van der Waals surface area contributed by atoms with Gasteiger partial charge in [0.2, 0.25) is 0 Å². The number of nitrogens with zero attached hydrogens (tertiary/aromatic N) is 6. The number of amides is 1. The maximum absolute atomic E-state index is 12.8. The number of aryl methyl sites for hydroxylation is 1. The zero-order valence-corrected chi connectivity index (χ0v) is 22.0. The van der Waals surface area contributed by atoms with Crippen molar-refractivity contribution in [2.24, 2.45) is 0 Å². The predicted molar refractivity (Wildman–Crippen MR) is 136 cm³/mol. The van der Waals surface area contributed by atoms with Crippen molar-refractivity contribution in [3.05, 3.63) is 78.3 Å². The van der Waals surface area contributed by atoms with Crippen LogP contribution < -0.4 is 0 Å². The number of pyridine rings is 3. The van der Waals surface area contributed by atoms with E-state index in [4.69, 9.17) is 29.9 Å². The molecule has 1 atom stereocenters. The fourth-order valence-corrected chi connectivity index (χ4v) is 3.80. The molecule has 43 heavy (non-hydrogen) atoms. The fraction of sp³-hybridized carbons (Fsp3) is 0.269. The van der Waals surface area contributed by atoms with E-state index in [-0.39, 0.29) is 11.8 Å². The third kappa shape index (κ3) is 8.95. The van der Waals surface area contributed by atoms with Crippen LogP contribution in [0.2, 0.25) is 0 Å². The van der Waals surface area contributed by atoms with Gasteiger partial charge in [0, 0.05) is 55.6 Å². The molecule has 17 heteroatoms. The summed E-state index contributed by atoms with van der Waals surface area (Å²) in [6.45, 7) is 3.27. The van der Waals surface area contributed by atoms with Crippen LogP contribution in [0.15, 0.2) is 61.3 Å². The lowest BCUT2D eigenvalue weighted by Crippen LogP contribution is -2.28. The maximum atomic E-state index is 12.8. The molecule has 1 aliphatic heterocycles. The first-order chi connectivity index (χ1) is 20.1. The Balaban J connectivity index is 0.000000303. The Hall–Kier alpha value is -5.09. The molecule has 0 aliphatic carbocycles. The highest BCUT2D eigenvalue weighted by Gasteiger charge is 2.39. The Morgan fingerprint density at radius 1 is 0.884 bits per heavy atom. The van der Waals surface area contributed by atoms with Crippen molar-refractivity contribution < 1.29 is 50.9 Å². The first-order valence-electron chi connectivity index (χ1n) is 12.1. The zero-order valence-electron chi connectivity index (χ0n) is 22.0. The second-order valence-electron chi connectivity index (χ2n) is 9.02. The number of halogens is 6. The van der Waals surface area contributed by atoms with E-state index in [2.05, 4.69) is 9.97 Å². The molecule has 1 amide bonds. The van der Waals surface area contributed by atoms with Gasteiger partial charge in [0.05, 0.1) is 5.56 Å². The summed E-state index contributed by atoms with van der Waals surface area (Å²) in [5.41, 5.74) is 4.58. The average molecular weight is 612 g/mol. The number of fused-ring (bicyclic) bond motifs is 1. The Morgan fingerprint density at radius 2 is 1.49 bits per heavy atom. The van der Waals surface area contributed by atoms with E-state index in [0.29, 0.717) is 18.7 Å². The molecule has 4 aromatic rings. The van der Waals surface area contributed by atoms with Crippen molar-refractivity contribution >= 4 is 23.5 Å². The second-order valence-corrected chi connectivity index (χ2v) is 9.02. The van der Waals surface area contributed by atoms with Gasteiger partial charge in [0.1, 0.15) is 0 Å². The van der Waals surface area contributed by atoms with Crippen LogP contribution in [-0.4, -0.2) is 83.0 Å². The van der Waals surface area contributed by atoms with Crippen molar-refractivity contribution in [3.63, 3.8) is 0 Å². The van der Waals surface area contributed by atoms with Crippen LogP contribution in [0.3, 0.4) is 0 Å². The Bertz CT molecular complexity index is 1570. The van der Waals surface area contributed by atoms with E-state index >= 15 is 0 Å². The van der Waals surface area contributed by atoms with Crippen molar-refractivity contribution in [2.75, 3.05) is 13.1 Å². The highest BCUT2D eigenvalue weighted by atomic mass is 19.4. The number of hydrogen-bond donors (Lipinski definition) is 2. The van der Waals surface area contributed by atoms with Crippen LogP contribution in [0.5, 0.6) is 0 Å². The largest absolute Gasteiger partial charge is 0.490 e.